The van der Waals surface area contributed by atoms with E-state index in [2.05, 4.69) is 20.7 Å². The quantitative estimate of drug-likeness (QED) is 0.932. The Morgan fingerprint density at radius 2 is 2.18 bits per heavy atom. The summed E-state index contributed by atoms with van der Waals surface area (Å²) < 4.78 is 29.4. The van der Waals surface area contributed by atoms with Crippen molar-refractivity contribution in [1.29, 1.82) is 0 Å². The highest BCUT2D eigenvalue weighted by Crippen LogP contribution is 2.25. The van der Waals surface area contributed by atoms with Gasteiger partial charge in [0.25, 0.3) is 0 Å². The van der Waals surface area contributed by atoms with Crippen LogP contribution in [0.2, 0.25) is 0 Å². The fraction of sp³-hybridized carbons (Fsp3) is 0.200. The maximum absolute atomic E-state index is 11.9. The maximum atomic E-state index is 11.9. The summed E-state index contributed by atoms with van der Waals surface area (Å²) in [7, 11) is -1.50. The van der Waals surface area contributed by atoms with E-state index in [0.717, 1.165) is 9.35 Å². The van der Waals surface area contributed by atoms with Crippen molar-refractivity contribution in [3.05, 3.63) is 39.9 Å². The first kappa shape index (κ1) is 12.8. The van der Waals surface area contributed by atoms with Crippen LogP contribution in [0.1, 0.15) is 5.56 Å². The number of aromatic nitrogens is 1. The van der Waals surface area contributed by atoms with Crippen LogP contribution in [0.5, 0.6) is 0 Å². The van der Waals surface area contributed by atoms with Gasteiger partial charge in [-0.3, -0.25) is 0 Å². The lowest BCUT2D eigenvalue weighted by Crippen LogP contribution is -2.22. The largest absolute Gasteiger partial charge is 0.357 e. The van der Waals surface area contributed by atoms with Crippen molar-refractivity contribution in [1.82, 2.24) is 9.29 Å². The minimum absolute atomic E-state index is 0.304. The van der Waals surface area contributed by atoms with Crippen molar-refractivity contribution < 1.29 is 8.42 Å². The number of halogens is 1. The molecule has 0 unspecified atom stereocenters. The Morgan fingerprint density at radius 1 is 1.41 bits per heavy atom. The SMILES string of the molecule is Cn1ccc(CNS(=O)(=O)c2ccc(Br)s2)c1. The lowest BCUT2D eigenvalue weighted by Gasteiger charge is -2.02. The highest BCUT2D eigenvalue weighted by molar-refractivity contribution is 9.11. The van der Waals surface area contributed by atoms with E-state index >= 15 is 0 Å². The van der Waals surface area contributed by atoms with Crippen molar-refractivity contribution in [2.45, 2.75) is 10.8 Å². The molecule has 0 saturated carbocycles. The highest BCUT2D eigenvalue weighted by atomic mass is 79.9. The Labute approximate surface area is 112 Å². The number of hydrogen-bond donors (Lipinski definition) is 1. The monoisotopic (exact) mass is 334 g/mol. The summed E-state index contributed by atoms with van der Waals surface area (Å²) in [5, 5.41) is 0. The lowest BCUT2D eigenvalue weighted by molar-refractivity contribution is 0.583. The van der Waals surface area contributed by atoms with Crippen molar-refractivity contribution in [2.75, 3.05) is 0 Å². The first-order valence-corrected chi connectivity index (χ1v) is 7.92. The van der Waals surface area contributed by atoms with Crippen molar-refractivity contribution in [2.24, 2.45) is 7.05 Å². The van der Waals surface area contributed by atoms with Gasteiger partial charge in [-0.2, -0.15) is 0 Å². The average molecular weight is 335 g/mol. The minimum Gasteiger partial charge on any atom is -0.357 e. The molecule has 0 aliphatic heterocycles. The van der Waals surface area contributed by atoms with Crippen LogP contribution < -0.4 is 4.72 Å². The van der Waals surface area contributed by atoms with Gasteiger partial charge in [0.2, 0.25) is 10.0 Å². The molecular weight excluding hydrogens is 324 g/mol. The summed E-state index contributed by atoms with van der Waals surface area (Å²) >= 11 is 4.44. The molecule has 1 N–H and O–H groups in total. The zero-order valence-electron chi connectivity index (χ0n) is 9.05. The van der Waals surface area contributed by atoms with Gasteiger partial charge in [0.15, 0.2) is 0 Å². The van der Waals surface area contributed by atoms with E-state index in [1.807, 2.05) is 30.1 Å². The zero-order valence-corrected chi connectivity index (χ0v) is 12.3. The molecule has 4 nitrogen and oxygen atoms in total. The van der Waals surface area contributed by atoms with E-state index in [-0.39, 0.29) is 0 Å². The van der Waals surface area contributed by atoms with Crippen LogP contribution in [-0.4, -0.2) is 13.0 Å². The van der Waals surface area contributed by atoms with E-state index in [9.17, 15) is 8.42 Å². The fourth-order valence-corrected chi connectivity index (χ4v) is 4.43. The highest BCUT2D eigenvalue weighted by Gasteiger charge is 2.15. The van der Waals surface area contributed by atoms with Gasteiger partial charge in [-0.15, -0.1) is 11.3 Å². The van der Waals surface area contributed by atoms with Crippen LogP contribution in [0, 0.1) is 0 Å². The Morgan fingerprint density at radius 3 is 2.71 bits per heavy atom. The molecule has 2 heterocycles. The summed E-state index contributed by atoms with van der Waals surface area (Å²) in [6.45, 7) is 0.304. The minimum atomic E-state index is -3.40. The second-order valence-corrected chi connectivity index (χ2v) is 8.03. The molecule has 0 spiro atoms. The molecule has 92 valence electrons. The molecule has 0 aliphatic carbocycles. The average Bonchev–Trinajstić information content (AvgIpc) is 2.85. The molecule has 0 aromatic carbocycles. The second kappa shape index (κ2) is 4.93. The van der Waals surface area contributed by atoms with Gasteiger partial charge in [0.05, 0.1) is 3.79 Å². The molecule has 0 aliphatic rings. The van der Waals surface area contributed by atoms with Gasteiger partial charge in [-0.25, -0.2) is 13.1 Å². The third kappa shape index (κ3) is 3.19. The predicted octanol–water partition coefficient (Wildman–Crippen LogP) is 2.33. The van der Waals surface area contributed by atoms with Crippen LogP contribution in [0.15, 0.2) is 38.6 Å². The molecule has 0 saturated heterocycles. The molecule has 2 rings (SSSR count). The first-order valence-electron chi connectivity index (χ1n) is 4.83. The Balaban J connectivity index is 2.08. The van der Waals surface area contributed by atoms with Crippen molar-refractivity contribution in [3.63, 3.8) is 0 Å². The zero-order chi connectivity index (χ0) is 12.5. The summed E-state index contributed by atoms with van der Waals surface area (Å²) in [5.74, 6) is 0. The third-order valence-corrected chi connectivity index (χ3v) is 5.69. The molecule has 0 fully saturated rings. The molecule has 7 heteroatoms. The van der Waals surface area contributed by atoms with Crippen LogP contribution in [-0.2, 0) is 23.6 Å². The van der Waals surface area contributed by atoms with Gasteiger partial charge in [0.1, 0.15) is 4.21 Å². The van der Waals surface area contributed by atoms with Crippen LogP contribution in [0.3, 0.4) is 0 Å². The molecule has 2 aromatic rings. The van der Waals surface area contributed by atoms with Crippen LogP contribution in [0.4, 0.5) is 0 Å². The lowest BCUT2D eigenvalue weighted by atomic mass is 10.4. The van der Waals surface area contributed by atoms with Gasteiger partial charge in [0, 0.05) is 26.0 Å². The number of thiophene rings is 1. The van der Waals surface area contributed by atoms with Gasteiger partial charge in [-0.1, -0.05) is 0 Å². The molecule has 0 bridgehead atoms. The van der Waals surface area contributed by atoms with Gasteiger partial charge < -0.3 is 4.57 Å². The van der Waals surface area contributed by atoms with E-state index in [1.54, 1.807) is 12.1 Å². The van der Waals surface area contributed by atoms with Crippen molar-refractivity contribution in [3.8, 4) is 0 Å². The number of rotatable bonds is 4. The standard InChI is InChI=1S/C10H11BrN2O2S2/c1-13-5-4-8(7-13)6-12-17(14,15)10-3-2-9(11)16-10/h2-5,7,12H,6H2,1H3. The Kier molecular flexibility index (Phi) is 3.72. The van der Waals surface area contributed by atoms with E-state index in [4.69, 9.17) is 0 Å². The van der Waals surface area contributed by atoms with E-state index < -0.39 is 10.0 Å². The predicted molar refractivity (Wildman–Crippen MR) is 71.5 cm³/mol. The Bertz CT molecular complexity index is 616. The molecule has 0 radical (unpaired) electrons. The maximum Gasteiger partial charge on any atom is 0.250 e. The summed E-state index contributed by atoms with van der Waals surface area (Å²) in [5.41, 5.74) is 0.937. The number of nitrogens with zero attached hydrogens (tertiary/aromatic N) is 1. The summed E-state index contributed by atoms with van der Waals surface area (Å²) in [6, 6.07) is 5.19. The molecular formula is C10H11BrN2O2S2. The summed E-state index contributed by atoms with van der Waals surface area (Å²) in [6.07, 6.45) is 3.76. The van der Waals surface area contributed by atoms with Crippen molar-refractivity contribution >= 4 is 37.3 Å². The second-order valence-electron chi connectivity index (χ2n) is 3.57. The fourth-order valence-electron chi connectivity index (χ4n) is 1.36. The number of aryl methyl sites for hydroxylation is 1. The smallest absolute Gasteiger partial charge is 0.250 e. The topological polar surface area (TPSA) is 51.1 Å². The molecule has 0 amide bonds. The van der Waals surface area contributed by atoms with Gasteiger partial charge >= 0.3 is 0 Å². The van der Waals surface area contributed by atoms with E-state index in [1.165, 1.54) is 11.3 Å². The number of sulfonamides is 1. The molecule has 2 aromatic heterocycles. The van der Waals surface area contributed by atoms with E-state index in [0.29, 0.717) is 10.8 Å². The Hall–Kier alpha value is -0.630. The van der Waals surface area contributed by atoms with Gasteiger partial charge in [-0.05, 0) is 39.7 Å². The summed E-state index contributed by atoms with van der Waals surface area (Å²) in [4.78, 5) is 0. The van der Waals surface area contributed by atoms with Crippen LogP contribution in [0.25, 0.3) is 0 Å². The normalized spacial score (nSPS) is 11.9. The molecule has 17 heavy (non-hydrogen) atoms. The number of nitrogens with one attached hydrogen (secondary N) is 1. The number of hydrogen-bond acceptors (Lipinski definition) is 3. The molecule has 0 atom stereocenters. The first-order chi connectivity index (χ1) is 7.97. The third-order valence-electron chi connectivity index (χ3n) is 2.17. The van der Waals surface area contributed by atoms with Crippen LogP contribution >= 0.6 is 27.3 Å².